The Balaban J connectivity index is 2.32. The third kappa shape index (κ3) is 2.17. The van der Waals surface area contributed by atoms with Crippen molar-refractivity contribution in [3.8, 4) is 0 Å². The normalized spacial score (nSPS) is 15.8. The van der Waals surface area contributed by atoms with Crippen LogP contribution < -0.4 is 4.72 Å². The second-order valence-corrected chi connectivity index (χ2v) is 5.64. The summed E-state index contributed by atoms with van der Waals surface area (Å²) in [6.07, 6.45) is 0. The summed E-state index contributed by atoms with van der Waals surface area (Å²) in [4.78, 5) is 10.8. The first-order chi connectivity index (χ1) is 7.94. The predicted molar refractivity (Wildman–Crippen MR) is 60.6 cm³/mol. The fourth-order valence-electron chi connectivity index (χ4n) is 1.80. The van der Waals surface area contributed by atoms with Crippen LogP contribution in [0.2, 0.25) is 0 Å². The Kier molecular flexibility index (Phi) is 2.90. The molecule has 0 fully saturated rings. The maximum atomic E-state index is 11.6. The second-order valence-electron chi connectivity index (χ2n) is 3.77. The minimum atomic E-state index is -3.46. The molecule has 1 aromatic rings. The summed E-state index contributed by atoms with van der Waals surface area (Å²) >= 11 is 0. The Morgan fingerprint density at radius 2 is 2.00 bits per heavy atom. The molecule has 0 radical (unpaired) electrons. The zero-order valence-corrected chi connectivity index (χ0v) is 9.99. The van der Waals surface area contributed by atoms with Gasteiger partial charge in [-0.15, -0.1) is 0 Å². The van der Waals surface area contributed by atoms with E-state index in [-0.39, 0.29) is 18.7 Å². The third-order valence-corrected chi connectivity index (χ3v) is 4.20. The van der Waals surface area contributed by atoms with E-state index in [0.717, 1.165) is 11.1 Å². The number of carbonyl (C=O) groups is 1. The summed E-state index contributed by atoms with van der Waals surface area (Å²) in [7, 11) is -2.11. The van der Waals surface area contributed by atoms with Crippen LogP contribution in [0.1, 0.15) is 21.5 Å². The summed E-state index contributed by atoms with van der Waals surface area (Å²) in [5.41, 5.74) is 1.75. The van der Waals surface area contributed by atoms with Crippen molar-refractivity contribution in [2.75, 3.05) is 7.05 Å². The molecule has 1 aromatic carbocycles. The minimum absolute atomic E-state index is 0.174. The van der Waals surface area contributed by atoms with E-state index in [2.05, 4.69) is 4.72 Å². The molecule has 1 heterocycles. The number of benzene rings is 1. The van der Waals surface area contributed by atoms with E-state index in [1.54, 1.807) is 6.07 Å². The number of hydrogen-bond acceptors (Lipinski definition) is 3. The Morgan fingerprint density at radius 1 is 1.35 bits per heavy atom. The highest BCUT2D eigenvalue weighted by molar-refractivity contribution is 7.87. The molecule has 0 aromatic heterocycles. The van der Waals surface area contributed by atoms with Crippen molar-refractivity contribution in [2.24, 2.45) is 0 Å². The zero-order valence-electron chi connectivity index (χ0n) is 9.17. The largest absolute Gasteiger partial charge is 0.478 e. The fourth-order valence-corrected chi connectivity index (χ4v) is 2.67. The van der Waals surface area contributed by atoms with Crippen molar-refractivity contribution in [3.05, 3.63) is 34.9 Å². The van der Waals surface area contributed by atoms with Crippen molar-refractivity contribution in [1.82, 2.24) is 9.03 Å². The first kappa shape index (κ1) is 12.0. The summed E-state index contributed by atoms with van der Waals surface area (Å²) < 4.78 is 26.7. The lowest BCUT2D eigenvalue weighted by molar-refractivity contribution is 0.0697. The van der Waals surface area contributed by atoms with Gasteiger partial charge >= 0.3 is 5.97 Å². The van der Waals surface area contributed by atoms with Crippen LogP contribution in [0.5, 0.6) is 0 Å². The molecule has 0 amide bonds. The Morgan fingerprint density at radius 3 is 2.59 bits per heavy atom. The first-order valence-corrected chi connectivity index (χ1v) is 6.42. The van der Waals surface area contributed by atoms with Gasteiger partial charge in [-0.3, -0.25) is 0 Å². The molecule has 0 bridgehead atoms. The minimum Gasteiger partial charge on any atom is -0.478 e. The second kappa shape index (κ2) is 4.10. The monoisotopic (exact) mass is 256 g/mol. The maximum Gasteiger partial charge on any atom is 0.335 e. The molecule has 0 unspecified atom stereocenters. The molecular formula is C10H12N2O4S. The molecule has 6 nitrogen and oxygen atoms in total. The van der Waals surface area contributed by atoms with Crippen molar-refractivity contribution >= 4 is 16.2 Å². The van der Waals surface area contributed by atoms with Gasteiger partial charge in [0, 0.05) is 20.1 Å². The highest BCUT2D eigenvalue weighted by Gasteiger charge is 2.28. The van der Waals surface area contributed by atoms with Crippen molar-refractivity contribution in [2.45, 2.75) is 13.1 Å². The lowest BCUT2D eigenvalue weighted by Gasteiger charge is -2.13. The van der Waals surface area contributed by atoms with Crippen LogP contribution in [-0.2, 0) is 23.3 Å². The van der Waals surface area contributed by atoms with Gasteiger partial charge in [-0.25, -0.2) is 9.52 Å². The zero-order chi connectivity index (χ0) is 12.6. The van der Waals surface area contributed by atoms with Crippen LogP contribution in [0.4, 0.5) is 0 Å². The van der Waals surface area contributed by atoms with Crippen LogP contribution in [0.3, 0.4) is 0 Å². The molecule has 2 rings (SSSR count). The highest BCUT2D eigenvalue weighted by Crippen LogP contribution is 2.25. The maximum absolute atomic E-state index is 11.6. The molecule has 1 aliphatic rings. The van der Waals surface area contributed by atoms with Gasteiger partial charge in [-0.2, -0.15) is 12.7 Å². The van der Waals surface area contributed by atoms with Crippen LogP contribution in [-0.4, -0.2) is 30.8 Å². The molecule has 0 atom stereocenters. The number of carboxylic acids is 1. The quantitative estimate of drug-likeness (QED) is 0.806. The summed E-state index contributed by atoms with van der Waals surface area (Å²) in [6, 6.07) is 4.66. The molecule has 7 heteroatoms. The summed E-state index contributed by atoms with van der Waals surface area (Å²) in [5, 5.41) is 8.84. The van der Waals surface area contributed by atoms with E-state index >= 15 is 0 Å². The third-order valence-electron chi connectivity index (χ3n) is 2.74. The number of hydrogen-bond donors (Lipinski definition) is 2. The van der Waals surface area contributed by atoms with Gasteiger partial charge in [-0.05, 0) is 23.3 Å². The Hall–Kier alpha value is -1.44. The van der Waals surface area contributed by atoms with Gasteiger partial charge in [0.25, 0.3) is 10.2 Å². The highest BCUT2D eigenvalue weighted by atomic mass is 32.2. The van der Waals surface area contributed by atoms with E-state index in [9.17, 15) is 13.2 Å². The van der Waals surface area contributed by atoms with E-state index in [1.165, 1.54) is 23.5 Å². The predicted octanol–water partition coefficient (Wildman–Crippen LogP) is 0.165. The average Bonchev–Trinajstić information content (AvgIpc) is 2.72. The van der Waals surface area contributed by atoms with Crippen LogP contribution in [0, 0.1) is 0 Å². The molecule has 0 spiro atoms. The summed E-state index contributed by atoms with van der Waals surface area (Å²) in [5.74, 6) is -1.01. The molecule has 17 heavy (non-hydrogen) atoms. The number of nitrogens with zero attached hydrogens (tertiary/aromatic N) is 1. The van der Waals surface area contributed by atoms with Gasteiger partial charge in [0.05, 0.1) is 5.56 Å². The molecule has 0 saturated carbocycles. The SMILES string of the molecule is CNS(=O)(=O)N1Cc2ccc(C(=O)O)cc2C1. The van der Waals surface area contributed by atoms with E-state index in [1.807, 2.05) is 0 Å². The van der Waals surface area contributed by atoms with Crippen LogP contribution in [0.15, 0.2) is 18.2 Å². The molecular weight excluding hydrogens is 244 g/mol. The Bertz CT molecular complexity index is 568. The number of nitrogens with one attached hydrogen (secondary N) is 1. The van der Waals surface area contributed by atoms with Gasteiger partial charge in [0.1, 0.15) is 0 Å². The number of fused-ring (bicyclic) bond motifs is 1. The molecule has 1 aliphatic heterocycles. The topological polar surface area (TPSA) is 86.7 Å². The van der Waals surface area contributed by atoms with Gasteiger partial charge in [0.2, 0.25) is 0 Å². The van der Waals surface area contributed by atoms with Gasteiger partial charge in [-0.1, -0.05) is 6.07 Å². The van der Waals surface area contributed by atoms with Gasteiger partial charge in [0.15, 0.2) is 0 Å². The van der Waals surface area contributed by atoms with Crippen LogP contribution >= 0.6 is 0 Å². The van der Waals surface area contributed by atoms with Crippen molar-refractivity contribution < 1.29 is 18.3 Å². The first-order valence-electron chi connectivity index (χ1n) is 4.98. The van der Waals surface area contributed by atoms with Crippen LogP contribution in [0.25, 0.3) is 0 Å². The fraction of sp³-hybridized carbons (Fsp3) is 0.300. The number of aromatic carboxylic acids is 1. The molecule has 0 saturated heterocycles. The standard InChI is InChI=1S/C10H12N2O4S/c1-11-17(15,16)12-5-8-3-2-7(10(13)14)4-9(8)6-12/h2-4,11H,5-6H2,1H3,(H,13,14). The molecule has 92 valence electrons. The lowest BCUT2D eigenvalue weighted by Crippen LogP contribution is -2.34. The van der Waals surface area contributed by atoms with E-state index < -0.39 is 16.2 Å². The van der Waals surface area contributed by atoms with Crippen molar-refractivity contribution in [3.63, 3.8) is 0 Å². The molecule has 0 aliphatic carbocycles. The Labute approximate surface area is 99.0 Å². The lowest BCUT2D eigenvalue weighted by atomic mass is 10.1. The molecule has 2 N–H and O–H groups in total. The van der Waals surface area contributed by atoms with Crippen molar-refractivity contribution in [1.29, 1.82) is 0 Å². The van der Waals surface area contributed by atoms with E-state index in [0.29, 0.717) is 0 Å². The number of carboxylic acid groups (broad SMARTS) is 1. The van der Waals surface area contributed by atoms with E-state index in [4.69, 9.17) is 5.11 Å². The number of rotatable bonds is 3. The average molecular weight is 256 g/mol. The smallest absolute Gasteiger partial charge is 0.335 e. The summed E-state index contributed by atoms with van der Waals surface area (Å²) in [6.45, 7) is 0.484. The van der Waals surface area contributed by atoms with Gasteiger partial charge < -0.3 is 5.11 Å².